The second-order valence-corrected chi connectivity index (χ2v) is 5.49. The van der Waals surface area contributed by atoms with Crippen molar-refractivity contribution in [3.8, 4) is 11.5 Å². The summed E-state index contributed by atoms with van der Waals surface area (Å²) in [6.07, 6.45) is 0. The molecule has 0 fully saturated rings. The van der Waals surface area contributed by atoms with Crippen LogP contribution in [0, 0.1) is 5.82 Å². The Morgan fingerprint density at radius 1 is 1.10 bits per heavy atom. The van der Waals surface area contributed by atoms with E-state index in [0.29, 0.717) is 30.4 Å². The number of hydrogen-bond acceptors (Lipinski definition) is 4. The molecular weight excluding hydrogens is 277 g/mol. The molecule has 2 N–H and O–H groups in total. The van der Waals surface area contributed by atoms with Gasteiger partial charge in [-0.25, -0.2) is 4.39 Å². The summed E-state index contributed by atoms with van der Waals surface area (Å²) in [5.74, 6) is 1.84. The number of benzene rings is 2. The fourth-order valence-corrected chi connectivity index (χ4v) is 2.93. The number of fused-ring (bicyclic) bond motifs is 1. The second kappa shape index (κ2) is 5.63. The number of hydrogen-bond donors (Lipinski definition) is 1. The molecule has 1 aliphatic heterocycles. The van der Waals surface area contributed by atoms with Crippen LogP contribution in [0.2, 0.25) is 0 Å². The zero-order valence-electron chi connectivity index (χ0n) is 10.8. The molecule has 20 heavy (non-hydrogen) atoms. The van der Waals surface area contributed by atoms with Crippen molar-refractivity contribution in [1.82, 2.24) is 0 Å². The average molecular weight is 291 g/mol. The third-order valence-corrected chi connectivity index (χ3v) is 4.04. The van der Waals surface area contributed by atoms with Gasteiger partial charge < -0.3 is 15.2 Å². The third-order valence-electron chi connectivity index (χ3n) is 2.99. The molecule has 3 nitrogen and oxygen atoms in total. The first kappa shape index (κ1) is 13.1. The zero-order valence-corrected chi connectivity index (χ0v) is 11.6. The highest BCUT2D eigenvalue weighted by Gasteiger charge is 2.14. The molecule has 1 aliphatic rings. The number of anilines is 1. The van der Waals surface area contributed by atoms with Crippen LogP contribution in [0.3, 0.4) is 0 Å². The number of nitrogen functional groups attached to an aromatic ring is 1. The van der Waals surface area contributed by atoms with Gasteiger partial charge in [0, 0.05) is 22.4 Å². The van der Waals surface area contributed by atoms with E-state index in [1.54, 1.807) is 12.1 Å². The van der Waals surface area contributed by atoms with E-state index in [9.17, 15) is 4.39 Å². The molecule has 0 aromatic heterocycles. The summed E-state index contributed by atoms with van der Waals surface area (Å²) in [6, 6.07) is 10.2. The molecule has 104 valence electrons. The molecular formula is C15H14FNO2S. The Morgan fingerprint density at radius 2 is 1.85 bits per heavy atom. The Labute approximate surface area is 120 Å². The Bertz CT molecular complexity index is 633. The monoisotopic (exact) mass is 291 g/mol. The molecule has 3 rings (SSSR count). The van der Waals surface area contributed by atoms with Crippen molar-refractivity contribution in [2.24, 2.45) is 0 Å². The second-order valence-electron chi connectivity index (χ2n) is 4.44. The van der Waals surface area contributed by atoms with Crippen LogP contribution in [0.5, 0.6) is 11.5 Å². The van der Waals surface area contributed by atoms with Gasteiger partial charge in [-0.1, -0.05) is 6.07 Å². The standard InChI is InChI=1S/C15H14FNO2S/c16-11-2-1-3-12(7-11)20-9-10-6-14-15(8-13(10)17)19-5-4-18-14/h1-3,6-8H,4-5,9,17H2. The molecule has 0 amide bonds. The maximum absolute atomic E-state index is 13.1. The molecule has 5 heteroatoms. The van der Waals surface area contributed by atoms with Gasteiger partial charge >= 0.3 is 0 Å². The fraction of sp³-hybridized carbons (Fsp3) is 0.200. The lowest BCUT2D eigenvalue weighted by atomic mass is 10.2. The summed E-state index contributed by atoms with van der Waals surface area (Å²) >= 11 is 1.54. The first-order valence-corrected chi connectivity index (χ1v) is 7.27. The average Bonchev–Trinajstić information content (AvgIpc) is 2.45. The largest absolute Gasteiger partial charge is 0.486 e. The van der Waals surface area contributed by atoms with Crippen molar-refractivity contribution < 1.29 is 13.9 Å². The van der Waals surface area contributed by atoms with E-state index in [4.69, 9.17) is 15.2 Å². The first-order valence-electron chi connectivity index (χ1n) is 6.29. The van der Waals surface area contributed by atoms with E-state index in [0.717, 1.165) is 16.2 Å². The molecule has 0 atom stereocenters. The highest BCUT2D eigenvalue weighted by atomic mass is 32.2. The van der Waals surface area contributed by atoms with Gasteiger partial charge in [0.05, 0.1) is 0 Å². The third kappa shape index (κ3) is 2.82. The Balaban J connectivity index is 1.77. The van der Waals surface area contributed by atoms with Crippen molar-refractivity contribution in [2.45, 2.75) is 10.6 Å². The van der Waals surface area contributed by atoms with Crippen LogP contribution in [0.1, 0.15) is 5.56 Å². The molecule has 2 aromatic carbocycles. The highest BCUT2D eigenvalue weighted by Crippen LogP contribution is 2.36. The SMILES string of the molecule is Nc1cc2c(cc1CSc1cccc(F)c1)OCCO2. The summed E-state index contributed by atoms with van der Waals surface area (Å²) in [7, 11) is 0. The Hall–Kier alpha value is -1.88. The molecule has 2 aromatic rings. The van der Waals surface area contributed by atoms with E-state index in [1.165, 1.54) is 23.9 Å². The van der Waals surface area contributed by atoms with Gasteiger partial charge in [-0.05, 0) is 29.8 Å². The number of nitrogens with two attached hydrogens (primary N) is 1. The molecule has 0 unspecified atom stereocenters. The predicted molar refractivity (Wildman–Crippen MR) is 77.8 cm³/mol. The Morgan fingerprint density at radius 3 is 2.60 bits per heavy atom. The minimum Gasteiger partial charge on any atom is -0.486 e. The van der Waals surface area contributed by atoms with Crippen molar-refractivity contribution in [3.05, 3.63) is 47.8 Å². The molecule has 0 bridgehead atoms. The normalized spacial score (nSPS) is 13.2. The van der Waals surface area contributed by atoms with Gasteiger partial charge in [0.25, 0.3) is 0 Å². The van der Waals surface area contributed by atoms with Crippen LogP contribution < -0.4 is 15.2 Å². The Kier molecular flexibility index (Phi) is 3.69. The quantitative estimate of drug-likeness (QED) is 0.694. The topological polar surface area (TPSA) is 44.5 Å². The summed E-state index contributed by atoms with van der Waals surface area (Å²) in [6.45, 7) is 1.09. The molecule has 0 radical (unpaired) electrons. The smallest absolute Gasteiger partial charge is 0.163 e. The van der Waals surface area contributed by atoms with Crippen molar-refractivity contribution in [3.63, 3.8) is 0 Å². The first-order chi connectivity index (χ1) is 9.72. The minimum atomic E-state index is -0.231. The molecule has 0 saturated carbocycles. The van der Waals surface area contributed by atoms with Gasteiger partial charge in [-0.2, -0.15) is 0 Å². The van der Waals surface area contributed by atoms with Crippen molar-refractivity contribution >= 4 is 17.4 Å². The van der Waals surface area contributed by atoms with Gasteiger partial charge in [0.2, 0.25) is 0 Å². The minimum absolute atomic E-state index is 0.231. The van der Waals surface area contributed by atoms with Crippen LogP contribution in [-0.2, 0) is 5.75 Å². The van der Waals surface area contributed by atoms with E-state index >= 15 is 0 Å². The van der Waals surface area contributed by atoms with Crippen LogP contribution in [0.15, 0.2) is 41.3 Å². The lowest BCUT2D eigenvalue weighted by Gasteiger charge is -2.20. The lowest BCUT2D eigenvalue weighted by Crippen LogP contribution is -2.15. The zero-order chi connectivity index (χ0) is 13.9. The van der Waals surface area contributed by atoms with Crippen LogP contribution in [-0.4, -0.2) is 13.2 Å². The van der Waals surface area contributed by atoms with Crippen LogP contribution >= 0.6 is 11.8 Å². The molecule has 0 aliphatic carbocycles. The van der Waals surface area contributed by atoms with E-state index in [2.05, 4.69) is 0 Å². The van der Waals surface area contributed by atoms with Crippen LogP contribution in [0.25, 0.3) is 0 Å². The lowest BCUT2D eigenvalue weighted by molar-refractivity contribution is 0.171. The summed E-state index contributed by atoms with van der Waals surface area (Å²) < 4.78 is 24.1. The van der Waals surface area contributed by atoms with Crippen molar-refractivity contribution in [2.75, 3.05) is 18.9 Å². The van der Waals surface area contributed by atoms with Crippen molar-refractivity contribution in [1.29, 1.82) is 0 Å². The fourth-order valence-electron chi connectivity index (χ4n) is 1.99. The maximum Gasteiger partial charge on any atom is 0.163 e. The number of thioether (sulfide) groups is 1. The van der Waals surface area contributed by atoms with E-state index in [-0.39, 0.29) is 5.82 Å². The predicted octanol–water partition coefficient (Wildman–Crippen LogP) is 3.47. The highest BCUT2D eigenvalue weighted by molar-refractivity contribution is 7.98. The molecule has 1 heterocycles. The van der Waals surface area contributed by atoms with Crippen LogP contribution in [0.4, 0.5) is 10.1 Å². The van der Waals surface area contributed by atoms with Gasteiger partial charge in [0.1, 0.15) is 19.0 Å². The van der Waals surface area contributed by atoms with Gasteiger partial charge in [-0.15, -0.1) is 11.8 Å². The van der Waals surface area contributed by atoms with Gasteiger partial charge in [0.15, 0.2) is 11.5 Å². The number of ether oxygens (including phenoxy) is 2. The summed E-state index contributed by atoms with van der Waals surface area (Å²) in [5, 5.41) is 0. The molecule has 0 spiro atoms. The van der Waals surface area contributed by atoms with Gasteiger partial charge in [-0.3, -0.25) is 0 Å². The summed E-state index contributed by atoms with van der Waals surface area (Å²) in [4.78, 5) is 0.874. The number of halogens is 1. The molecule has 0 saturated heterocycles. The van der Waals surface area contributed by atoms with E-state index < -0.39 is 0 Å². The maximum atomic E-state index is 13.1. The summed E-state index contributed by atoms with van der Waals surface area (Å²) in [5.41, 5.74) is 7.64. The number of rotatable bonds is 3. The van der Waals surface area contributed by atoms with E-state index in [1.807, 2.05) is 12.1 Å².